The molecule has 0 spiro atoms. The summed E-state index contributed by atoms with van der Waals surface area (Å²) in [4.78, 5) is 14.9. The Bertz CT molecular complexity index is 1040. The fraction of sp³-hybridized carbons (Fsp3) is 0.565. The van der Waals surface area contributed by atoms with Crippen molar-refractivity contribution in [1.82, 2.24) is 19.4 Å². The molecule has 9 nitrogen and oxygen atoms in total. The molecule has 2 heterocycles. The van der Waals surface area contributed by atoms with Crippen LogP contribution in [-0.4, -0.2) is 67.7 Å². The number of para-hydroxylation sites is 2. The molecule has 3 rings (SSSR count). The van der Waals surface area contributed by atoms with E-state index in [-0.39, 0.29) is 10.6 Å². The van der Waals surface area contributed by atoms with E-state index in [1.165, 1.54) is 15.2 Å². The van der Waals surface area contributed by atoms with Gasteiger partial charge in [0.2, 0.25) is 5.03 Å². The lowest BCUT2D eigenvalue weighted by atomic mass is 10.1. The topological polar surface area (TPSA) is 96.8 Å². The molecule has 1 N–H and O–H groups in total. The molecule has 0 atom stereocenters. The average Bonchev–Trinajstić information content (AvgIpc) is 3.25. The van der Waals surface area contributed by atoms with Crippen LogP contribution in [0.15, 0.2) is 35.5 Å². The molecule has 1 fully saturated rings. The van der Waals surface area contributed by atoms with Gasteiger partial charge in [0.05, 0.1) is 17.9 Å². The van der Waals surface area contributed by atoms with Crippen LogP contribution in [-0.2, 0) is 16.6 Å². The Morgan fingerprint density at radius 1 is 1.15 bits per heavy atom. The van der Waals surface area contributed by atoms with Gasteiger partial charge in [0.1, 0.15) is 5.75 Å². The Morgan fingerprint density at radius 3 is 2.48 bits per heavy atom. The predicted octanol–water partition coefficient (Wildman–Crippen LogP) is 2.59. The number of rotatable bonds is 10. The number of anilines is 1. The molecule has 1 aliphatic heterocycles. The largest absolute Gasteiger partial charge is 0.492 e. The van der Waals surface area contributed by atoms with Gasteiger partial charge in [-0.05, 0) is 38.3 Å². The number of hydrogen-bond donors (Lipinski definition) is 1. The molecular weight excluding hydrogens is 442 g/mol. The van der Waals surface area contributed by atoms with Gasteiger partial charge in [-0.3, -0.25) is 9.48 Å². The van der Waals surface area contributed by atoms with Crippen molar-refractivity contribution >= 4 is 21.6 Å². The van der Waals surface area contributed by atoms with Gasteiger partial charge in [-0.2, -0.15) is 9.40 Å². The SMILES string of the molecule is CCOc1ccccc1N1CCN(S(=O)(=O)c2nn(CC)cc2C(=O)NCCC(C)C)CC1. The van der Waals surface area contributed by atoms with E-state index in [9.17, 15) is 13.2 Å². The summed E-state index contributed by atoms with van der Waals surface area (Å²) in [7, 11) is -3.91. The van der Waals surface area contributed by atoms with E-state index in [2.05, 4.69) is 29.2 Å². The summed E-state index contributed by atoms with van der Waals surface area (Å²) in [6, 6.07) is 7.77. The van der Waals surface area contributed by atoms with E-state index >= 15 is 0 Å². The normalized spacial score (nSPS) is 15.1. The first-order valence-corrected chi connectivity index (χ1v) is 13.0. The Labute approximate surface area is 196 Å². The molecule has 1 amide bonds. The third-order valence-corrected chi connectivity index (χ3v) is 7.47. The second-order valence-corrected chi connectivity index (χ2v) is 10.3. The summed E-state index contributed by atoms with van der Waals surface area (Å²) < 4.78 is 35.6. The molecule has 1 saturated heterocycles. The number of carbonyl (C=O) groups excluding carboxylic acids is 1. The van der Waals surface area contributed by atoms with Crippen molar-refractivity contribution in [1.29, 1.82) is 0 Å². The van der Waals surface area contributed by atoms with Crippen LogP contribution in [0.4, 0.5) is 5.69 Å². The van der Waals surface area contributed by atoms with E-state index in [0.717, 1.165) is 17.9 Å². The minimum absolute atomic E-state index is 0.102. The summed E-state index contributed by atoms with van der Waals surface area (Å²) >= 11 is 0. The maximum absolute atomic E-state index is 13.5. The van der Waals surface area contributed by atoms with Crippen molar-refractivity contribution in [3.8, 4) is 5.75 Å². The van der Waals surface area contributed by atoms with E-state index in [0.29, 0.717) is 51.8 Å². The molecule has 1 aromatic heterocycles. The second kappa shape index (κ2) is 11.0. The number of aryl methyl sites for hydroxylation is 1. The average molecular weight is 478 g/mol. The quantitative estimate of drug-likeness (QED) is 0.565. The summed E-state index contributed by atoms with van der Waals surface area (Å²) in [5.74, 6) is 0.826. The van der Waals surface area contributed by atoms with Gasteiger partial charge in [-0.25, -0.2) is 8.42 Å². The molecule has 10 heteroatoms. The molecular formula is C23H35N5O4S. The fourth-order valence-electron chi connectivity index (χ4n) is 3.77. The van der Waals surface area contributed by atoms with Crippen LogP contribution in [0.2, 0.25) is 0 Å². The van der Waals surface area contributed by atoms with Gasteiger partial charge < -0.3 is 15.0 Å². The number of nitrogens with zero attached hydrogens (tertiary/aromatic N) is 4. The molecule has 182 valence electrons. The third-order valence-electron chi connectivity index (χ3n) is 5.63. The molecule has 33 heavy (non-hydrogen) atoms. The lowest BCUT2D eigenvalue weighted by Crippen LogP contribution is -2.49. The molecule has 0 aliphatic carbocycles. The molecule has 0 bridgehead atoms. The third kappa shape index (κ3) is 5.86. The van der Waals surface area contributed by atoms with Crippen LogP contribution in [0.5, 0.6) is 5.75 Å². The van der Waals surface area contributed by atoms with Crippen molar-refractivity contribution < 1.29 is 17.9 Å². The first-order chi connectivity index (χ1) is 15.8. The first-order valence-electron chi connectivity index (χ1n) is 11.6. The highest BCUT2D eigenvalue weighted by molar-refractivity contribution is 7.89. The summed E-state index contributed by atoms with van der Waals surface area (Å²) in [6.07, 6.45) is 2.34. The summed E-state index contributed by atoms with van der Waals surface area (Å²) in [5.41, 5.74) is 1.06. The molecule has 1 aromatic carbocycles. The van der Waals surface area contributed by atoms with Gasteiger partial charge >= 0.3 is 0 Å². The van der Waals surface area contributed by atoms with Crippen molar-refractivity contribution in [2.45, 2.75) is 45.7 Å². The summed E-state index contributed by atoms with van der Waals surface area (Å²) in [6.45, 7) is 11.1. The van der Waals surface area contributed by atoms with E-state index in [4.69, 9.17) is 4.74 Å². The lowest BCUT2D eigenvalue weighted by Gasteiger charge is -2.35. The minimum atomic E-state index is -3.91. The van der Waals surface area contributed by atoms with Crippen LogP contribution >= 0.6 is 0 Å². The number of piperazine rings is 1. The lowest BCUT2D eigenvalue weighted by molar-refractivity contribution is 0.0948. The summed E-state index contributed by atoms with van der Waals surface area (Å²) in [5, 5.41) is 6.91. The number of hydrogen-bond acceptors (Lipinski definition) is 6. The smallest absolute Gasteiger partial charge is 0.263 e. The monoisotopic (exact) mass is 477 g/mol. The van der Waals surface area contributed by atoms with Crippen LogP contribution < -0.4 is 15.0 Å². The van der Waals surface area contributed by atoms with Crippen molar-refractivity contribution in [2.75, 3.05) is 44.2 Å². The number of sulfonamides is 1. The van der Waals surface area contributed by atoms with Crippen LogP contribution in [0.1, 0.15) is 44.5 Å². The maximum atomic E-state index is 13.5. The highest BCUT2D eigenvalue weighted by atomic mass is 32.2. The molecule has 0 saturated carbocycles. The number of benzene rings is 1. The highest BCUT2D eigenvalue weighted by Gasteiger charge is 2.35. The molecule has 0 unspecified atom stereocenters. The standard InChI is InChI=1S/C23H35N5O4S/c1-5-27-17-19(22(29)24-12-11-18(3)4)23(25-27)33(30,31)28-15-13-26(14-16-28)20-9-7-8-10-21(20)32-6-2/h7-10,17-18H,5-6,11-16H2,1-4H3,(H,24,29). The molecule has 0 radical (unpaired) electrons. The zero-order valence-corrected chi connectivity index (χ0v) is 20.8. The zero-order chi connectivity index (χ0) is 24.0. The Morgan fingerprint density at radius 2 is 1.85 bits per heavy atom. The van der Waals surface area contributed by atoms with Crippen molar-refractivity contribution in [2.24, 2.45) is 5.92 Å². The van der Waals surface area contributed by atoms with Gasteiger partial charge in [0, 0.05) is 45.5 Å². The molecule has 2 aromatic rings. The predicted molar refractivity (Wildman–Crippen MR) is 128 cm³/mol. The second-order valence-electron chi connectivity index (χ2n) is 8.43. The molecule has 1 aliphatic rings. The van der Waals surface area contributed by atoms with E-state index in [1.807, 2.05) is 38.1 Å². The number of nitrogens with one attached hydrogen (secondary N) is 1. The van der Waals surface area contributed by atoms with Gasteiger partial charge in [-0.15, -0.1) is 0 Å². The van der Waals surface area contributed by atoms with Gasteiger partial charge in [0.15, 0.2) is 0 Å². The van der Waals surface area contributed by atoms with Gasteiger partial charge in [-0.1, -0.05) is 26.0 Å². The van der Waals surface area contributed by atoms with E-state index in [1.54, 1.807) is 0 Å². The first kappa shape index (κ1) is 25.0. The number of ether oxygens (including phenoxy) is 1. The van der Waals surface area contributed by atoms with E-state index < -0.39 is 15.9 Å². The minimum Gasteiger partial charge on any atom is -0.492 e. The van der Waals surface area contributed by atoms with Crippen LogP contribution in [0.25, 0.3) is 0 Å². The zero-order valence-electron chi connectivity index (χ0n) is 20.0. The van der Waals surface area contributed by atoms with Crippen LogP contribution in [0.3, 0.4) is 0 Å². The Kier molecular flexibility index (Phi) is 8.36. The Hall–Kier alpha value is -2.59. The highest BCUT2D eigenvalue weighted by Crippen LogP contribution is 2.30. The van der Waals surface area contributed by atoms with Gasteiger partial charge in [0.25, 0.3) is 15.9 Å². The fourth-order valence-corrected chi connectivity index (χ4v) is 5.29. The number of carbonyl (C=O) groups is 1. The van der Waals surface area contributed by atoms with Crippen molar-refractivity contribution in [3.63, 3.8) is 0 Å². The van der Waals surface area contributed by atoms with Crippen molar-refractivity contribution in [3.05, 3.63) is 36.0 Å². The Balaban J connectivity index is 1.76. The van der Waals surface area contributed by atoms with Crippen LogP contribution in [0, 0.1) is 5.92 Å². The number of aromatic nitrogens is 2. The number of amides is 1. The maximum Gasteiger partial charge on any atom is 0.263 e.